The van der Waals surface area contributed by atoms with Gasteiger partial charge < -0.3 is 14.7 Å². The second-order valence-electron chi connectivity index (χ2n) is 3.89. The van der Waals surface area contributed by atoms with Crippen molar-refractivity contribution in [2.24, 2.45) is 0 Å². The Kier molecular flexibility index (Phi) is 5.04. The highest BCUT2D eigenvalue weighted by Crippen LogP contribution is 2.27. The molecule has 0 fully saturated rings. The molecule has 0 saturated carbocycles. The third-order valence-corrected chi connectivity index (χ3v) is 3.47. The number of ether oxygens (including phenoxy) is 2. The summed E-state index contributed by atoms with van der Waals surface area (Å²) in [6, 6.07) is 5.76. The molecule has 0 aliphatic rings. The number of halogens is 1. The normalized spacial score (nSPS) is 10.4. The highest BCUT2D eigenvalue weighted by atomic mass is 32.2. The van der Waals surface area contributed by atoms with Crippen molar-refractivity contribution < 1.29 is 23.9 Å². The molecule has 1 aromatic carbocycles. The van der Waals surface area contributed by atoms with Crippen LogP contribution in [-0.2, 0) is 11.3 Å². The van der Waals surface area contributed by atoms with Gasteiger partial charge in [0.15, 0.2) is 0 Å². The van der Waals surface area contributed by atoms with Crippen molar-refractivity contribution >= 4 is 17.7 Å². The lowest BCUT2D eigenvalue weighted by atomic mass is 10.1. The third-order valence-electron chi connectivity index (χ3n) is 2.66. The number of hydrogen-bond acceptors (Lipinski definition) is 6. The van der Waals surface area contributed by atoms with Crippen molar-refractivity contribution in [2.75, 3.05) is 13.1 Å². The van der Waals surface area contributed by atoms with Crippen LogP contribution in [0.4, 0.5) is 4.39 Å². The van der Waals surface area contributed by atoms with E-state index in [1.165, 1.54) is 19.4 Å². The van der Waals surface area contributed by atoms with Crippen molar-refractivity contribution in [3.05, 3.63) is 41.6 Å². The number of esters is 1. The molecule has 21 heavy (non-hydrogen) atoms. The number of carbonyl (C=O) groups excluding carboxylic acids is 1. The number of nitrogens with zero attached hydrogens (tertiary/aromatic N) is 2. The van der Waals surface area contributed by atoms with Gasteiger partial charge in [0.2, 0.25) is 5.88 Å². The molecule has 0 saturated heterocycles. The molecule has 0 bridgehead atoms. The molecule has 1 aromatic heterocycles. The Balaban J connectivity index is 2.27. The van der Waals surface area contributed by atoms with Gasteiger partial charge in [-0.15, -0.1) is 4.85 Å². The standard InChI is InChI=1S/C13H13FN2O4S/c1-19-13(17)9-3-2-4-11(21-8-14)10(9)7-20-12-5-6-16(18)15-12/h2-6,18H,7-8H2,1H3. The fourth-order valence-corrected chi connectivity index (χ4v) is 2.37. The van der Waals surface area contributed by atoms with Gasteiger partial charge in [-0.05, 0) is 12.1 Å². The summed E-state index contributed by atoms with van der Waals surface area (Å²) < 4.78 is 22.7. The third kappa shape index (κ3) is 3.66. The zero-order valence-electron chi connectivity index (χ0n) is 11.2. The fourth-order valence-electron chi connectivity index (χ4n) is 1.73. The summed E-state index contributed by atoms with van der Waals surface area (Å²) in [4.78, 5) is 13.0. The first-order valence-electron chi connectivity index (χ1n) is 5.92. The van der Waals surface area contributed by atoms with Gasteiger partial charge in [0.05, 0.1) is 18.9 Å². The monoisotopic (exact) mass is 312 g/mol. The van der Waals surface area contributed by atoms with E-state index in [9.17, 15) is 9.18 Å². The topological polar surface area (TPSA) is 73.6 Å². The van der Waals surface area contributed by atoms with Crippen LogP contribution >= 0.6 is 11.8 Å². The van der Waals surface area contributed by atoms with Crippen LogP contribution in [0, 0.1) is 0 Å². The van der Waals surface area contributed by atoms with Gasteiger partial charge >= 0.3 is 5.97 Å². The first-order chi connectivity index (χ1) is 10.2. The number of carbonyl (C=O) groups is 1. The second kappa shape index (κ2) is 6.98. The largest absolute Gasteiger partial charge is 0.472 e. The van der Waals surface area contributed by atoms with Crippen molar-refractivity contribution in [3.63, 3.8) is 0 Å². The molecule has 0 amide bonds. The molecular formula is C13H13FN2O4S. The summed E-state index contributed by atoms with van der Waals surface area (Å²) in [7, 11) is 1.27. The number of aromatic nitrogens is 2. The summed E-state index contributed by atoms with van der Waals surface area (Å²) in [5, 5.41) is 12.7. The molecular weight excluding hydrogens is 299 g/mol. The van der Waals surface area contributed by atoms with Crippen LogP contribution in [0.5, 0.6) is 5.88 Å². The minimum atomic E-state index is -0.622. The Hall–Kier alpha value is -2.22. The van der Waals surface area contributed by atoms with Crippen LogP contribution in [0.3, 0.4) is 0 Å². The molecule has 1 heterocycles. The highest BCUT2D eigenvalue weighted by molar-refractivity contribution is 7.99. The number of benzene rings is 1. The van der Waals surface area contributed by atoms with Crippen LogP contribution in [0.15, 0.2) is 35.4 Å². The van der Waals surface area contributed by atoms with E-state index in [-0.39, 0.29) is 12.5 Å². The molecule has 0 aliphatic carbocycles. The quantitative estimate of drug-likeness (QED) is 0.502. The van der Waals surface area contributed by atoms with Gasteiger partial charge in [-0.3, -0.25) is 0 Å². The minimum Gasteiger partial charge on any atom is -0.472 e. The van der Waals surface area contributed by atoms with Crippen molar-refractivity contribution in [1.29, 1.82) is 0 Å². The zero-order valence-corrected chi connectivity index (χ0v) is 12.0. The smallest absolute Gasteiger partial charge is 0.338 e. The van der Waals surface area contributed by atoms with Gasteiger partial charge in [-0.25, -0.2) is 9.18 Å². The maximum atomic E-state index is 12.6. The van der Waals surface area contributed by atoms with Crippen LogP contribution < -0.4 is 4.74 Å². The summed E-state index contributed by atoms with van der Waals surface area (Å²) in [5.74, 6) is -0.337. The van der Waals surface area contributed by atoms with Gasteiger partial charge in [0.1, 0.15) is 12.6 Å². The zero-order chi connectivity index (χ0) is 15.2. The van der Waals surface area contributed by atoms with Gasteiger partial charge in [0, 0.05) is 16.5 Å². The van der Waals surface area contributed by atoms with Crippen LogP contribution in [0.25, 0.3) is 0 Å². The molecule has 0 spiro atoms. The lowest BCUT2D eigenvalue weighted by Crippen LogP contribution is -2.09. The summed E-state index contributed by atoms with van der Waals surface area (Å²) in [5.41, 5.74) is 0.818. The van der Waals surface area contributed by atoms with Crippen LogP contribution in [0.2, 0.25) is 0 Å². The Morgan fingerprint density at radius 2 is 2.29 bits per heavy atom. The molecule has 8 heteroatoms. The van der Waals surface area contributed by atoms with Crippen molar-refractivity contribution in [3.8, 4) is 5.88 Å². The lowest BCUT2D eigenvalue weighted by molar-refractivity contribution is 0.0597. The maximum absolute atomic E-state index is 12.6. The average molecular weight is 312 g/mol. The predicted molar refractivity (Wildman–Crippen MR) is 73.4 cm³/mol. The van der Waals surface area contributed by atoms with E-state index in [0.717, 1.165) is 11.8 Å². The van der Waals surface area contributed by atoms with Gasteiger partial charge in [0.25, 0.3) is 0 Å². The van der Waals surface area contributed by atoms with E-state index in [1.54, 1.807) is 18.2 Å². The number of hydrogen-bond donors (Lipinski definition) is 1. The molecule has 6 nitrogen and oxygen atoms in total. The molecule has 1 N–H and O–H groups in total. The summed E-state index contributed by atoms with van der Waals surface area (Å²) >= 11 is 0.955. The predicted octanol–water partition coefficient (Wildman–Crippen LogP) is 2.51. The molecule has 2 aromatic rings. The molecule has 112 valence electrons. The van der Waals surface area contributed by atoms with E-state index in [2.05, 4.69) is 5.10 Å². The van der Waals surface area contributed by atoms with E-state index in [1.807, 2.05) is 0 Å². The van der Waals surface area contributed by atoms with Crippen molar-refractivity contribution in [2.45, 2.75) is 11.5 Å². The summed E-state index contributed by atoms with van der Waals surface area (Å²) in [6.07, 6.45) is 1.30. The average Bonchev–Trinajstić information content (AvgIpc) is 2.91. The Morgan fingerprint density at radius 1 is 1.48 bits per heavy atom. The van der Waals surface area contributed by atoms with E-state index in [4.69, 9.17) is 14.7 Å². The molecule has 0 radical (unpaired) electrons. The van der Waals surface area contributed by atoms with Crippen molar-refractivity contribution in [1.82, 2.24) is 9.94 Å². The Labute approximate surface area is 124 Å². The van der Waals surface area contributed by atoms with E-state index < -0.39 is 12.0 Å². The molecule has 0 unspecified atom stereocenters. The Morgan fingerprint density at radius 3 is 2.90 bits per heavy atom. The fraction of sp³-hybridized carbons (Fsp3) is 0.231. The SMILES string of the molecule is COC(=O)c1cccc(SCF)c1COc1ccn(O)n1. The lowest BCUT2D eigenvalue weighted by Gasteiger charge is -2.12. The number of methoxy groups -OCH3 is 1. The number of alkyl halides is 1. The van der Waals surface area contributed by atoms with E-state index >= 15 is 0 Å². The molecule has 2 rings (SSSR count). The van der Waals surface area contributed by atoms with Gasteiger partial charge in [-0.1, -0.05) is 22.9 Å². The highest BCUT2D eigenvalue weighted by Gasteiger charge is 2.16. The maximum Gasteiger partial charge on any atom is 0.338 e. The number of rotatable bonds is 6. The summed E-state index contributed by atoms with van der Waals surface area (Å²) in [6.45, 7) is 0.00458. The molecule has 0 atom stereocenters. The van der Waals surface area contributed by atoms with E-state index in [0.29, 0.717) is 20.9 Å². The van der Waals surface area contributed by atoms with Gasteiger partial charge in [-0.2, -0.15) is 0 Å². The Bertz CT molecular complexity index is 632. The number of thioether (sulfide) groups is 1. The second-order valence-corrected chi connectivity index (χ2v) is 4.84. The first kappa shape index (κ1) is 15.2. The van der Waals surface area contributed by atoms with Crippen LogP contribution in [-0.4, -0.2) is 34.2 Å². The molecule has 0 aliphatic heterocycles. The first-order valence-corrected chi connectivity index (χ1v) is 6.91. The van der Waals surface area contributed by atoms with Crippen LogP contribution in [0.1, 0.15) is 15.9 Å². The minimum absolute atomic E-state index is 0.00458.